The highest BCUT2D eigenvalue weighted by molar-refractivity contribution is 5.94. The first-order chi connectivity index (χ1) is 11.5. The fourth-order valence-corrected chi connectivity index (χ4v) is 4.09. The third kappa shape index (κ3) is 3.31. The SMILES string of the molecule is CN(C)C[C@H]1CN(C(=O)c2ccc(C#N)cc2)CC12CCOCC2. The lowest BCUT2D eigenvalue weighted by Gasteiger charge is -2.38. The van der Waals surface area contributed by atoms with Gasteiger partial charge < -0.3 is 14.5 Å². The third-order valence-corrected chi connectivity index (χ3v) is 5.43. The van der Waals surface area contributed by atoms with Crippen LogP contribution in [-0.2, 0) is 4.74 Å². The van der Waals surface area contributed by atoms with Crippen molar-refractivity contribution in [3.63, 3.8) is 0 Å². The van der Waals surface area contributed by atoms with Crippen molar-refractivity contribution in [2.45, 2.75) is 12.8 Å². The second-order valence-electron chi connectivity index (χ2n) is 7.31. The van der Waals surface area contributed by atoms with Crippen LogP contribution in [0.3, 0.4) is 0 Å². The standard InChI is InChI=1S/C19H25N3O2/c1-21(2)12-17-13-22(14-19(17)7-9-24-10-8-19)18(23)16-5-3-15(11-20)4-6-16/h3-6,17H,7-10,12-14H2,1-2H3/t17-/m0/s1. The van der Waals surface area contributed by atoms with Crippen LogP contribution in [0.15, 0.2) is 24.3 Å². The molecule has 2 saturated heterocycles. The van der Waals surface area contributed by atoms with Gasteiger partial charge in [0.2, 0.25) is 0 Å². The molecular weight excluding hydrogens is 302 g/mol. The van der Waals surface area contributed by atoms with E-state index in [-0.39, 0.29) is 11.3 Å². The van der Waals surface area contributed by atoms with Gasteiger partial charge in [-0.25, -0.2) is 0 Å². The van der Waals surface area contributed by atoms with E-state index in [1.807, 2.05) is 4.90 Å². The summed E-state index contributed by atoms with van der Waals surface area (Å²) in [6.45, 7) is 4.20. The highest BCUT2D eigenvalue weighted by Gasteiger charge is 2.48. The molecule has 1 amide bonds. The van der Waals surface area contributed by atoms with Crippen molar-refractivity contribution >= 4 is 5.91 Å². The largest absolute Gasteiger partial charge is 0.381 e. The van der Waals surface area contributed by atoms with Crippen LogP contribution in [-0.4, -0.2) is 62.7 Å². The van der Waals surface area contributed by atoms with Gasteiger partial charge in [-0.3, -0.25) is 4.79 Å². The minimum Gasteiger partial charge on any atom is -0.381 e. The monoisotopic (exact) mass is 327 g/mol. The zero-order valence-electron chi connectivity index (χ0n) is 14.5. The molecule has 0 saturated carbocycles. The van der Waals surface area contributed by atoms with Gasteiger partial charge >= 0.3 is 0 Å². The number of nitriles is 1. The van der Waals surface area contributed by atoms with Crippen LogP contribution in [0.5, 0.6) is 0 Å². The van der Waals surface area contributed by atoms with Crippen molar-refractivity contribution < 1.29 is 9.53 Å². The average molecular weight is 327 g/mol. The van der Waals surface area contributed by atoms with E-state index in [1.54, 1.807) is 24.3 Å². The van der Waals surface area contributed by atoms with Gasteiger partial charge in [0.05, 0.1) is 11.6 Å². The molecule has 128 valence electrons. The molecule has 0 aromatic heterocycles. The molecule has 3 rings (SSSR count). The summed E-state index contributed by atoms with van der Waals surface area (Å²) in [5.41, 5.74) is 1.44. The average Bonchev–Trinajstić information content (AvgIpc) is 2.92. The number of ether oxygens (including phenoxy) is 1. The second-order valence-corrected chi connectivity index (χ2v) is 7.31. The molecule has 2 heterocycles. The second kappa shape index (κ2) is 6.92. The summed E-state index contributed by atoms with van der Waals surface area (Å²) in [6.07, 6.45) is 2.06. The smallest absolute Gasteiger partial charge is 0.253 e. The summed E-state index contributed by atoms with van der Waals surface area (Å²) in [5.74, 6) is 0.561. The van der Waals surface area contributed by atoms with Crippen molar-refractivity contribution in [2.24, 2.45) is 11.3 Å². The van der Waals surface area contributed by atoms with E-state index in [2.05, 4.69) is 25.1 Å². The van der Waals surface area contributed by atoms with Gasteiger partial charge in [0, 0.05) is 38.4 Å². The summed E-state index contributed by atoms with van der Waals surface area (Å²) in [5, 5.41) is 8.90. The Morgan fingerprint density at radius 1 is 1.33 bits per heavy atom. The lowest BCUT2D eigenvalue weighted by molar-refractivity contribution is -0.00451. The number of hydrogen-bond acceptors (Lipinski definition) is 4. The van der Waals surface area contributed by atoms with Gasteiger partial charge in [-0.15, -0.1) is 0 Å². The Balaban J connectivity index is 1.78. The van der Waals surface area contributed by atoms with E-state index in [9.17, 15) is 4.79 Å². The normalized spacial score (nSPS) is 22.8. The molecule has 0 aliphatic carbocycles. The summed E-state index contributed by atoms with van der Waals surface area (Å²) in [7, 11) is 4.19. The zero-order chi connectivity index (χ0) is 17.2. The maximum atomic E-state index is 12.9. The minimum absolute atomic E-state index is 0.0756. The summed E-state index contributed by atoms with van der Waals surface area (Å²) in [4.78, 5) is 17.1. The molecular formula is C19H25N3O2. The number of benzene rings is 1. The van der Waals surface area contributed by atoms with E-state index in [0.717, 1.165) is 45.7 Å². The van der Waals surface area contributed by atoms with Gasteiger partial charge in [0.1, 0.15) is 0 Å². The molecule has 0 N–H and O–H groups in total. The van der Waals surface area contributed by atoms with Crippen LogP contribution in [0, 0.1) is 22.7 Å². The Labute approximate surface area is 143 Å². The number of hydrogen-bond donors (Lipinski definition) is 0. The maximum absolute atomic E-state index is 12.9. The molecule has 1 atom stereocenters. The molecule has 2 aliphatic rings. The quantitative estimate of drug-likeness (QED) is 0.852. The van der Waals surface area contributed by atoms with Crippen molar-refractivity contribution in [3.05, 3.63) is 35.4 Å². The number of likely N-dealkylation sites (tertiary alicyclic amines) is 1. The van der Waals surface area contributed by atoms with Crippen LogP contribution >= 0.6 is 0 Å². The molecule has 0 radical (unpaired) electrons. The van der Waals surface area contributed by atoms with Crippen LogP contribution in [0.4, 0.5) is 0 Å². The molecule has 2 fully saturated rings. The van der Waals surface area contributed by atoms with E-state index in [1.165, 1.54) is 0 Å². The Kier molecular flexibility index (Phi) is 4.88. The maximum Gasteiger partial charge on any atom is 0.253 e. The lowest BCUT2D eigenvalue weighted by Crippen LogP contribution is -2.40. The molecule has 0 unspecified atom stereocenters. The molecule has 0 bridgehead atoms. The topological polar surface area (TPSA) is 56.6 Å². The predicted molar refractivity (Wildman–Crippen MR) is 91.6 cm³/mol. The van der Waals surface area contributed by atoms with Gasteiger partial charge in [0.25, 0.3) is 5.91 Å². The molecule has 24 heavy (non-hydrogen) atoms. The van der Waals surface area contributed by atoms with Crippen LogP contribution in [0.2, 0.25) is 0 Å². The Hall–Kier alpha value is -1.90. The van der Waals surface area contributed by atoms with Gasteiger partial charge in [-0.05, 0) is 62.5 Å². The highest BCUT2D eigenvalue weighted by Crippen LogP contribution is 2.44. The lowest BCUT2D eigenvalue weighted by atomic mass is 9.72. The summed E-state index contributed by atoms with van der Waals surface area (Å²) >= 11 is 0. The first-order valence-electron chi connectivity index (χ1n) is 8.56. The van der Waals surface area contributed by atoms with E-state index < -0.39 is 0 Å². The van der Waals surface area contributed by atoms with Crippen LogP contribution in [0.1, 0.15) is 28.8 Å². The van der Waals surface area contributed by atoms with E-state index in [4.69, 9.17) is 10.00 Å². The van der Waals surface area contributed by atoms with Crippen molar-refractivity contribution in [3.8, 4) is 6.07 Å². The highest BCUT2D eigenvalue weighted by atomic mass is 16.5. The molecule has 2 aliphatic heterocycles. The Morgan fingerprint density at radius 3 is 2.58 bits per heavy atom. The Morgan fingerprint density at radius 2 is 2.00 bits per heavy atom. The molecule has 5 nitrogen and oxygen atoms in total. The van der Waals surface area contributed by atoms with Crippen molar-refractivity contribution in [1.29, 1.82) is 5.26 Å². The molecule has 5 heteroatoms. The number of nitrogens with zero attached hydrogens (tertiary/aromatic N) is 3. The Bertz CT molecular complexity index is 627. The van der Waals surface area contributed by atoms with Crippen LogP contribution < -0.4 is 0 Å². The fourth-order valence-electron chi connectivity index (χ4n) is 4.09. The zero-order valence-corrected chi connectivity index (χ0v) is 14.5. The number of amides is 1. The minimum atomic E-state index is 0.0756. The van der Waals surface area contributed by atoms with Crippen LogP contribution in [0.25, 0.3) is 0 Å². The molecule has 1 aromatic carbocycles. The summed E-state index contributed by atoms with van der Waals surface area (Å²) < 4.78 is 5.57. The van der Waals surface area contributed by atoms with Gasteiger partial charge in [-0.1, -0.05) is 0 Å². The van der Waals surface area contributed by atoms with Gasteiger partial charge in [0.15, 0.2) is 0 Å². The fraction of sp³-hybridized carbons (Fsp3) is 0.579. The number of carbonyl (C=O) groups excluding carboxylic acids is 1. The van der Waals surface area contributed by atoms with Crippen molar-refractivity contribution in [2.75, 3.05) is 46.9 Å². The third-order valence-electron chi connectivity index (χ3n) is 5.43. The number of rotatable bonds is 3. The van der Waals surface area contributed by atoms with Gasteiger partial charge in [-0.2, -0.15) is 5.26 Å². The first-order valence-corrected chi connectivity index (χ1v) is 8.56. The first kappa shape index (κ1) is 16.9. The molecule has 1 aromatic rings. The van der Waals surface area contributed by atoms with E-state index >= 15 is 0 Å². The van der Waals surface area contributed by atoms with E-state index in [0.29, 0.717) is 17.0 Å². The van der Waals surface area contributed by atoms with Crippen molar-refractivity contribution in [1.82, 2.24) is 9.80 Å². The predicted octanol–water partition coefficient (Wildman–Crippen LogP) is 1.99. The number of carbonyl (C=O) groups is 1. The molecule has 1 spiro atoms. The summed E-state index contributed by atoms with van der Waals surface area (Å²) in [6, 6.07) is 9.04.